The zero-order valence-electron chi connectivity index (χ0n) is 10.6. The van der Waals surface area contributed by atoms with Crippen LogP contribution in [0, 0.1) is 17.4 Å². The number of nitriles is 1. The van der Waals surface area contributed by atoms with Gasteiger partial charge in [0.2, 0.25) is 0 Å². The highest BCUT2D eigenvalue weighted by molar-refractivity contribution is 5.31. The van der Waals surface area contributed by atoms with E-state index in [0.717, 1.165) is 12.0 Å². The van der Waals surface area contributed by atoms with Crippen molar-refractivity contribution in [3.8, 4) is 6.07 Å². The molecule has 0 atom stereocenters. The first-order valence-electron chi connectivity index (χ1n) is 6.42. The Morgan fingerprint density at radius 2 is 2.12 bits per heavy atom. The molecular formula is C16H20N. The predicted octanol–water partition coefficient (Wildman–Crippen LogP) is 4.43. The van der Waals surface area contributed by atoms with Gasteiger partial charge in [0.05, 0.1) is 11.6 Å². The summed E-state index contributed by atoms with van der Waals surface area (Å²) in [6.45, 7) is 2.23. The molecule has 0 amide bonds. The van der Waals surface area contributed by atoms with Crippen LogP contribution in [0.3, 0.4) is 0 Å². The van der Waals surface area contributed by atoms with Crippen molar-refractivity contribution in [3.63, 3.8) is 0 Å². The van der Waals surface area contributed by atoms with Crippen LogP contribution in [-0.2, 0) is 6.42 Å². The van der Waals surface area contributed by atoms with Crippen molar-refractivity contribution in [1.29, 1.82) is 5.26 Å². The molecule has 0 aromatic heterocycles. The second-order valence-electron chi connectivity index (χ2n) is 4.24. The van der Waals surface area contributed by atoms with Gasteiger partial charge < -0.3 is 0 Å². The molecule has 0 saturated heterocycles. The van der Waals surface area contributed by atoms with Crippen LogP contribution in [0.15, 0.2) is 30.4 Å². The van der Waals surface area contributed by atoms with Gasteiger partial charge in [-0.05, 0) is 43.0 Å². The number of hydrogen-bond donors (Lipinski definition) is 0. The van der Waals surface area contributed by atoms with Crippen LogP contribution < -0.4 is 0 Å². The lowest BCUT2D eigenvalue weighted by atomic mass is 10.1. The van der Waals surface area contributed by atoms with Crippen LogP contribution >= 0.6 is 0 Å². The fourth-order valence-electron chi connectivity index (χ4n) is 1.67. The number of benzene rings is 1. The molecule has 1 heteroatoms. The summed E-state index contributed by atoms with van der Waals surface area (Å²) < 4.78 is 0. The molecule has 0 unspecified atom stereocenters. The van der Waals surface area contributed by atoms with Gasteiger partial charge in [0.1, 0.15) is 0 Å². The topological polar surface area (TPSA) is 23.8 Å². The number of allylic oxidation sites excluding steroid dienone is 2. The van der Waals surface area contributed by atoms with Gasteiger partial charge in [0.25, 0.3) is 0 Å². The molecule has 0 aliphatic heterocycles. The number of rotatable bonds is 7. The molecule has 1 nitrogen and oxygen atoms in total. The smallest absolute Gasteiger partial charge is 0.0991 e. The minimum Gasteiger partial charge on any atom is -0.192 e. The first-order valence-corrected chi connectivity index (χ1v) is 6.42. The van der Waals surface area contributed by atoms with Crippen LogP contribution in [0.1, 0.15) is 50.2 Å². The van der Waals surface area contributed by atoms with Crippen LogP contribution in [0.2, 0.25) is 0 Å². The Labute approximate surface area is 105 Å². The van der Waals surface area contributed by atoms with Crippen molar-refractivity contribution >= 4 is 0 Å². The minimum absolute atomic E-state index is 0.678. The van der Waals surface area contributed by atoms with E-state index >= 15 is 0 Å². The summed E-state index contributed by atoms with van der Waals surface area (Å²) in [5, 5.41) is 8.66. The van der Waals surface area contributed by atoms with E-state index < -0.39 is 0 Å². The molecule has 0 N–H and O–H groups in total. The Hall–Kier alpha value is -1.55. The summed E-state index contributed by atoms with van der Waals surface area (Å²) in [7, 11) is 0. The Balaban J connectivity index is 2.21. The lowest BCUT2D eigenvalue weighted by Gasteiger charge is -1.96. The van der Waals surface area contributed by atoms with Gasteiger partial charge in [-0.1, -0.05) is 44.4 Å². The number of hydrogen-bond acceptors (Lipinski definition) is 1. The van der Waals surface area contributed by atoms with Crippen molar-refractivity contribution in [2.75, 3.05) is 0 Å². The van der Waals surface area contributed by atoms with Crippen LogP contribution in [0.5, 0.6) is 0 Å². The van der Waals surface area contributed by atoms with Crippen molar-refractivity contribution in [3.05, 3.63) is 47.5 Å². The molecule has 0 heterocycles. The van der Waals surface area contributed by atoms with E-state index in [0.29, 0.717) is 5.56 Å². The van der Waals surface area contributed by atoms with E-state index in [4.69, 9.17) is 5.26 Å². The van der Waals surface area contributed by atoms with E-state index in [9.17, 15) is 0 Å². The third-order valence-corrected chi connectivity index (χ3v) is 2.74. The third kappa shape index (κ3) is 5.92. The molecule has 0 saturated carbocycles. The van der Waals surface area contributed by atoms with Gasteiger partial charge in [-0.25, -0.2) is 0 Å². The molecule has 17 heavy (non-hydrogen) atoms. The lowest BCUT2D eigenvalue weighted by molar-refractivity contribution is 0.674. The SMILES string of the molecule is CCCCCCC=CCc1[c]cc(C#N)cc1. The molecule has 0 aliphatic carbocycles. The van der Waals surface area contributed by atoms with Gasteiger partial charge in [0.15, 0.2) is 0 Å². The summed E-state index contributed by atoms with van der Waals surface area (Å²) in [5.74, 6) is 0. The maximum atomic E-state index is 8.66. The first-order chi connectivity index (χ1) is 8.36. The Kier molecular flexibility index (Phi) is 6.82. The van der Waals surface area contributed by atoms with E-state index in [1.807, 2.05) is 12.1 Å². The summed E-state index contributed by atoms with van der Waals surface area (Å²) in [6, 6.07) is 10.8. The van der Waals surface area contributed by atoms with E-state index in [1.54, 1.807) is 6.07 Å². The van der Waals surface area contributed by atoms with Gasteiger partial charge in [0, 0.05) is 0 Å². The fourth-order valence-corrected chi connectivity index (χ4v) is 1.67. The molecule has 0 fully saturated rings. The zero-order valence-corrected chi connectivity index (χ0v) is 10.6. The van der Waals surface area contributed by atoms with Gasteiger partial charge >= 0.3 is 0 Å². The minimum atomic E-state index is 0.678. The lowest BCUT2D eigenvalue weighted by Crippen LogP contribution is -1.82. The maximum Gasteiger partial charge on any atom is 0.0991 e. The highest BCUT2D eigenvalue weighted by Crippen LogP contribution is 2.06. The molecule has 89 valence electrons. The Morgan fingerprint density at radius 3 is 2.76 bits per heavy atom. The van der Waals surface area contributed by atoms with Crippen molar-refractivity contribution in [1.82, 2.24) is 0 Å². The van der Waals surface area contributed by atoms with E-state index in [1.165, 1.54) is 32.1 Å². The second-order valence-corrected chi connectivity index (χ2v) is 4.24. The standard InChI is InChI=1S/C16H20N/c1-2-3-4-5-6-7-8-9-15-10-12-16(14-17)13-11-15/h7-8,10,12-13H,2-6,9H2,1H3. The summed E-state index contributed by atoms with van der Waals surface area (Å²) in [5.41, 5.74) is 1.83. The molecule has 0 bridgehead atoms. The quantitative estimate of drug-likeness (QED) is 0.498. The molecule has 1 aromatic carbocycles. The average molecular weight is 226 g/mol. The maximum absolute atomic E-state index is 8.66. The largest absolute Gasteiger partial charge is 0.192 e. The molecule has 1 rings (SSSR count). The summed E-state index contributed by atoms with van der Waals surface area (Å²) in [6.07, 6.45) is 11.8. The Bertz CT molecular complexity index is 368. The van der Waals surface area contributed by atoms with Crippen LogP contribution in [0.4, 0.5) is 0 Å². The number of unbranched alkanes of at least 4 members (excludes halogenated alkanes) is 4. The first kappa shape index (κ1) is 13.5. The van der Waals surface area contributed by atoms with Gasteiger partial charge in [-0.3, -0.25) is 0 Å². The molecule has 1 radical (unpaired) electrons. The van der Waals surface area contributed by atoms with Crippen LogP contribution in [-0.4, -0.2) is 0 Å². The molecular weight excluding hydrogens is 206 g/mol. The highest BCUT2D eigenvalue weighted by Gasteiger charge is 1.91. The van der Waals surface area contributed by atoms with Crippen molar-refractivity contribution in [2.45, 2.75) is 45.4 Å². The number of nitrogens with zero attached hydrogens (tertiary/aromatic N) is 1. The van der Waals surface area contributed by atoms with Crippen LogP contribution in [0.25, 0.3) is 0 Å². The van der Waals surface area contributed by atoms with Crippen molar-refractivity contribution in [2.24, 2.45) is 0 Å². The van der Waals surface area contributed by atoms with Crippen molar-refractivity contribution < 1.29 is 0 Å². The summed E-state index contributed by atoms with van der Waals surface area (Å²) >= 11 is 0. The fraction of sp³-hybridized carbons (Fsp3) is 0.438. The monoisotopic (exact) mass is 226 g/mol. The van der Waals surface area contributed by atoms with Gasteiger partial charge in [-0.15, -0.1) is 0 Å². The molecule has 1 aromatic rings. The Morgan fingerprint density at radius 1 is 1.24 bits per heavy atom. The third-order valence-electron chi connectivity index (χ3n) is 2.74. The van der Waals surface area contributed by atoms with E-state index in [-0.39, 0.29) is 0 Å². The summed E-state index contributed by atoms with van der Waals surface area (Å²) in [4.78, 5) is 0. The van der Waals surface area contributed by atoms with Gasteiger partial charge in [-0.2, -0.15) is 5.26 Å². The predicted molar refractivity (Wildman–Crippen MR) is 71.6 cm³/mol. The highest BCUT2D eigenvalue weighted by atomic mass is 14.2. The zero-order chi connectivity index (χ0) is 12.3. The second kappa shape index (κ2) is 8.58. The molecule has 0 spiro atoms. The normalized spacial score (nSPS) is 10.6. The average Bonchev–Trinajstić information content (AvgIpc) is 2.38. The molecule has 0 aliphatic rings. The van der Waals surface area contributed by atoms with E-state index in [2.05, 4.69) is 31.2 Å².